The fourth-order valence-electron chi connectivity index (χ4n) is 2.23. The van der Waals surface area contributed by atoms with Crippen molar-refractivity contribution in [3.63, 3.8) is 0 Å². The molecular weight excluding hydrogens is 293 g/mol. The van der Waals surface area contributed by atoms with Crippen LogP contribution in [0, 0.1) is 11.7 Å². The maximum Gasteiger partial charge on any atom is 0.191 e. The molecule has 2 rings (SSSR count). The lowest BCUT2D eigenvalue weighted by molar-refractivity contribution is 0.285. The number of benzene rings is 1. The minimum Gasteiger partial charge on any atom is -0.490 e. The second-order valence-corrected chi connectivity index (χ2v) is 6.07. The number of rotatable bonds is 8. The van der Waals surface area contributed by atoms with Crippen molar-refractivity contribution in [1.82, 2.24) is 10.6 Å². The summed E-state index contributed by atoms with van der Waals surface area (Å²) < 4.78 is 19.7. The fraction of sp³-hybridized carbons (Fsp3) is 0.611. The Morgan fingerprint density at radius 1 is 1.39 bits per heavy atom. The molecule has 23 heavy (non-hydrogen) atoms. The summed E-state index contributed by atoms with van der Waals surface area (Å²) in [6, 6.07) is 5.15. The van der Waals surface area contributed by atoms with E-state index < -0.39 is 0 Å². The highest BCUT2D eigenvalue weighted by molar-refractivity contribution is 5.80. The Morgan fingerprint density at radius 3 is 2.78 bits per heavy atom. The fourth-order valence-corrected chi connectivity index (χ4v) is 2.23. The summed E-state index contributed by atoms with van der Waals surface area (Å²) in [6.45, 7) is 8.30. The van der Waals surface area contributed by atoms with E-state index in [0.717, 1.165) is 31.0 Å². The van der Waals surface area contributed by atoms with Crippen LogP contribution in [0.15, 0.2) is 23.2 Å². The van der Waals surface area contributed by atoms with E-state index in [1.807, 2.05) is 19.9 Å². The number of guanidine groups is 1. The van der Waals surface area contributed by atoms with E-state index in [2.05, 4.69) is 22.5 Å². The summed E-state index contributed by atoms with van der Waals surface area (Å²) in [7, 11) is 0. The Bertz CT molecular complexity index is 529. The molecule has 1 saturated carbocycles. The molecular formula is C18H28FN3O. The van der Waals surface area contributed by atoms with Gasteiger partial charge in [0, 0.05) is 13.1 Å². The molecule has 0 radical (unpaired) electrons. The quantitative estimate of drug-likeness (QED) is 0.567. The Labute approximate surface area is 138 Å². The maximum absolute atomic E-state index is 14.2. The molecule has 128 valence electrons. The van der Waals surface area contributed by atoms with Crippen molar-refractivity contribution in [1.29, 1.82) is 0 Å². The van der Waals surface area contributed by atoms with E-state index in [1.54, 1.807) is 12.1 Å². The van der Waals surface area contributed by atoms with Gasteiger partial charge in [-0.1, -0.05) is 13.0 Å². The van der Waals surface area contributed by atoms with E-state index in [4.69, 9.17) is 4.74 Å². The van der Waals surface area contributed by atoms with Crippen molar-refractivity contribution in [3.8, 4) is 5.75 Å². The second kappa shape index (κ2) is 8.75. The molecule has 1 atom stereocenters. The summed E-state index contributed by atoms with van der Waals surface area (Å²) in [4.78, 5) is 4.47. The SMILES string of the molecule is CCCN=C(NCC)NC(C)c1ccc(OCC2CC2)c(F)c1. The molecule has 2 N–H and O–H groups in total. The van der Waals surface area contributed by atoms with Crippen molar-refractivity contribution in [2.45, 2.75) is 46.1 Å². The normalized spacial score (nSPS) is 16.1. The molecule has 0 heterocycles. The number of aliphatic imine (C=N–C) groups is 1. The molecule has 4 nitrogen and oxygen atoms in total. The van der Waals surface area contributed by atoms with Gasteiger partial charge in [0.05, 0.1) is 12.6 Å². The third kappa shape index (κ3) is 5.73. The van der Waals surface area contributed by atoms with Crippen LogP contribution in [0.2, 0.25) is 0 Å². The lowest BCUT2D eigenvalue weighted by Gasteiger charge is -2.19. The first kappa shape index (κ1) is 17.6. The average Bonchev–Trinajstić information content (AvgIpc) is 3.35. The Hall–Kier alpha value is -1.78. The van der Waals surface area contributed by atoms with E-state index in [1.165, 1.54) is 12.8 Å². The maximum atomic E-state index is 14.2. The molecule has 1 aliphatic rings. The number of nitrogens with one attached hydrogen (secondary N) is 2. The Kier molecular flexibility index (Phi) is 6.68. The van der Waals surface area contributed by atoms with Gasteiger partial charge in [-0.05, 0) is 56.7 Å². The highest BCUT2D eigenvalue weighted by Crippen LogP contribution is 2.30. The summed E-state index contributed by atoms with van der Waals surface area (Å²) in [5, 5.41) is 6.51. The summed E-state index contributed by atoms with van der Waals surface area (Å²) in [5.41, 5.74) is 0.878. The van der Waals surface area contributed by atoms with Gasteiger partial charge >= 0.3 is 0 Å². The first-order chi connectivity index (χ1) is 11.1. The number of hydrogen-bond donors (Lipinski definition) is 2. The third-order valence-electron chi connectivity index (χ3n) is 3.82. The lowest BCUT2D eigenvalue weighted by atomic mass is 10.1. The molecule has 0 aromatic heterocycles. The van der Waals surface area contributed by atoms with Crippen LogP contribution in [-0.4, -0.2) is 25.7 Å². The first-order valence-electron chi connectivity index (χ1n) is 8.61. The highest BCUT2D eigenvalue weighted by Gasteiger charge is 2.22. The van der Waals surface area contributed by atoms with Crippen LogP contribution in [0.5, 0.6) is 5.75 Å². The van der Waals surface area contributed by atoms with Crippen molar-refractivity contribution in [3.05, 3.63) is 29.6 Å². The van der Waals surface area contributed by atoms with Crippen molar-refractivity contribution >= 4 is 5.96 Å². The third-order valence-corrected chi connectivity index (χ3v) is 3.82. The smallest absolute Gasteiger partial charge is 0.191 e. The zero-order chi connectivity index (χ0) is 16.7. The Morgan fingerprint density at radius 2 is 2.17 bits per heavy atom. The second-order valence-electron chi connectivity index (χ2n) is 6.07. The zero-order valence-electron chi connectivity index (χ0n) is 14.4. The monoisotopic (exact) mass is 321 g/mol. The minimum atomic E-state index is -0.299. The number of halogens is 1. The highest BCUT2D eigenvalue weighted by atomic mass is 19.1. The van der Waals surface area contributed by atoms with Gasteiger partial charge in [0.1, 0.15) is 0 Å². The zero-order valence-corrected chi connectivity index (χ0v) is 14.4. The topological polar surface area (TPSA) is 45.7 Å². The van der Waals surface area contributed by atoms with E-state index in [0.29, 0.717) is 18.3 Å². The van der Waals surface area contributed by atoms with Crippen LogP contribution >= 0.6 is 0 Å². The van der Waals surface area contributed by atoms with Gasteiger partial charge in [0.2, 0.25) is 0 Å². The molecule has 0 amide bonds. The molecule has 0 bridgehead atoms. The van der Waals surface area contributed by atoms with Crippen molar-refractivity contribution < 1.29 is 9.13 Å². The molecule has 1 aromatic carbocycles. The van der Waals surface area contributed by atoms with Gasteiger partial charge in [0.15, 0.2) is 17.5 Å². The number of ether oxygens (including phenoxy) is 1. The number of hydrogen-bond acceptors (Lipinski definition) is 2. The standard InChI is InChI=1S/C18H28FN3O/c1-4-10-21-18(20-5-2)22-13(3)15-8-9-17(16(19)11-15)23-12-14-6-7-14/h8-9,11,13-14H,4-7,10,12H2,1-3H3,(H2,20,21,22). The van der Waals surface area contributed by atoms with Gasteiger partial charge in [-0.2, -0.15) is 0 Å². The van der Waals surface area contributed by atoms with E-state index >= 15 is 0 Å². The van der Waals surface area contributed by atoms with Gasteiger partial charge < -0.3 is 15.4 Å². The molecule has 1 fully saturated rings. The largest absolute Gasteiger partial charge is 0.490 e. The average molecular weight is 321 g/mol. The minimum absolute atomic E-state index is 0.0309. The van der Waals surface area contributed by atoms with Crippen LogP contribution < -0.4 is 15.4 Å². The molecule has 0 aliphatic heterocycles. The molecule has 1 unspecified atom stereocenters. The van der Waals surface area contributed by atoms with Crippen LogP contribution in [0.25, 0.3) is 0 Å². The van der Waals surface area contributed by atoms with Crippen LogP contribution in [-0.2, 0) is 0 Å². The van der Waals surface area contributed by atoms with E-state index in [-0.39, 0.29) is 11.9 Å². The summed E-state index contributed by atoms with van der Waals surface area (Å²) >= 11 is 0. The molecule has 1 aromatic rings. The van der Waals surface area contributed by atoms with E-state index in [9.17, 15) is 4.39 Å². The van der Waals surface area contributed by atoms with Crippen molar-refractivity contribution in [2.24, 2.45) is 10.9 Å². The van der Waals surface area contributed by atoms with Crippen molar-refractivity contribution in [2.75, 3.05) is 19.7 Å². The molecule has 0 spiro atoms. The van der Waals surface area contributed by atoms with Gasteiger partial charge in [0.25, 0.3) is 0 Å². The van der Waals surface area contributed by atoms with Crippen LogP contribution in [0.3, 0.4) is 0 Å². The first-order valence-corrected chi connectivity index (χ1v) is 8.61. The number of nitrogens with zero attached hydrogens (tertiary/aromatic N) is 1. The molecule has 1 aliphatic carbocycles. The van der Waals surface area contributed by atoms with Crippen LogP contribution in [0.1, 0.15) is 51.6 Å². The molecule has 5 heteroatoms. The molecule has 0 saturated heterocycles. The summed E-state index contributed by atoms with van der Waals surface area (Å²) in [6.07, 6.45) is 3.39. The van der Waals surface area contributed by atoms with Gasteiger partial charge in [-0.15, -0.1) is 0 Å². The van der Waals surface area contributed by atoms with Crippen LogP contribution in [0.4, 0.5) is 4.39 Å². The van der Waals surface area contributed by atoms with Gasteiger partial charge in [-0.25, -0.2) is 4.39 Å². The Balaban J connectivity index is 1.97. The summed E-state index contributed by atoms with van der Waals surface area (Å²) in [5.74, 6) is 1.43. The predicted molar refractivity (Wildman–Crippen MR) is 92.4 cm³/mol. The lowest BCUT2D eigenvalue weighted by Crippen LogP contribution is -2.38. The van der Waals surface area contributed by atoms with Gasteiger partial charge in [-0.3, -0.25) is 4.99 Å². The predicted octanol–water partition coefficient (Wildman–Crippen LogP) is 3.64.